The number of carbonyl (C=O) groups is 6. The normalized spacial score (nSPS) is 26.4. The van der Waals surface area contributed by atoms with Gasteiger partial charge in [-0.3, -0.25) is 53.8 Å². The summed E-state index contributed by atoms with van der Waals surface area (Å²) >= 11 is 0. The number of hydrogen-bond donors (Lipinski definition) is 3. The molecule has 5 aromatic carbocycles. The van der Waals surface area contributed by atoms with Gasteiger partial charge in [0.2, 0.25) is 23.6 Å². The molecule has 4 saturated heterocycles. The van der Waals surface area contributed by atoms with Crippen molar-refractivity contribution >= 4 is 45.6 Å². The van der Waals surface area contributed by atoms with Crippen molar-refractivity contribution in [2.45, 2.75) is 81.8 Å². The average molecular weight is 1070 g/mol. The zero-order valence-electron chi connectivity index (χ0n) is 50.9. The second-order valence-electron chi connectivity index (χ2n) is 17.9. The van der Waals surface area contributed by atoms with Crippen molar-refractivity contribution in [2.75, 3.05) is 52.6 Å². The number of carbonyl (C=O) groups excluding carboxylic acids is 6. The fourth-order valence-corrected chi connectivity index (χ4v) is 9.29. The molecule has 0 unspecified atom stereocenters. The molecule has 0 aromatic heterocycles. The first-order chi connectivity index (χ1) is 40.5. The van der Waals surface area contributed by atoms with Crippen molar-refractivity contribution in [2.24, 2.45) is 0 Å². The van der Waals surface area contributed by atoms with Gasteiger partial charge in [-0.05, 0) is 71.4 Å². The highest BCUT2D eigenvalue weighted by atomic mass is 32.2. The Labute approximate surface area is 454 Å². The summed E-state index contributed by atoms with van der Waals surface area (Å²) in [5.74, 6) is -6.76. The van der Waals surface area contributed by atoms with Crippen LogP contribution < -0.4 is 20.1 Å². The number of fused-ring (bicyclic) bond motifs is 2. The van der Waals surface area contributed by atoms with E-state index in [0.29, 0.717) is 32.4 Å². The lowest BCUT2D eigenvalue weighted by molar-refractivity contribution is -0.138. The third-order valence-corrected chi connectivity index (χ3v) is 13.6. The highest BCUT2D eigenvalue weighted by Gasteiger charge is 2.41. The summed E-state index contributed by atoms with van der Waals surface area (Å²) in [6, 6.07) is 26.7. The fourth-order valence-electron chi connectivity index (χ4n) is 8.78. The Morgan fingerprint density at radius 2 is 0.947 bits per heavy atom. The van der Waals surface area contributed by atoms with Gasteiger partial charge in [0, 0.05) is 85.2 Å². The van der Waals surface area contributed by atoms with Crippen LogP contribution in [-0.4, -0.2) is 133 Å². The highest BCUT2D eigenvalue weighted by Crippen LogP contribution is 2.35. The molecule has 19 nitrogen and oxygen atoms in total. The van der Waals surface area contributed by atoms with Crippen LogP contribution in [0.25, 0.3) is 0 Å². The number of nitrogens with zero attached hydrogens (tertiary/aromatic N) is 4. The summed E-state index contributed by atoms with van der Waals surface area (Å²) in [6.45, 7) is 7.81. The summed E-state index contributed by atoms with van der Waals surface area (Å²) in [6.07, 6.45) is -13.1. The number of morpholine rings is 2. The molecule has 0 spiro atoms. The smallest absolute Gasteiger partial charge is 0.294 e. The van der Waals surface area contributed by atoms with Gasteiger partial charge in [-0.2, -0.15) is 8.42 Å². The van der Waals surface area contributed by atoms with Gasteiger partial charge in [0.15, 0.2) is 0 Å². The molecule has 11 rings (SSSR count). The fraction of sp³-hybridized carbons (Fsp3) is 0.357. The number of imide groups is 2. The third kappa shape index (κ3) is 13.4. The van der Waals surface area contributed by atoms with E-state index in [-0.39, 0.29) is 42.3 Å². The topological polar surface area (TPSA) is 231 Å². The quantitative estimate of drug-likeness (QED) is 0.108. The molecule has 6 aliphatic rings. The number of nitrogens with one attached hydrogen (secondary N) is 2. The van der Waals surface area contributed by atoms with Gasteiger partial charge in [0.05, 0.1) is 47.2 Å². The Morgan fingerprint density at radius 3 is 1.33 bits per heavy atom. The van der Waals surface area contributed by atoms with E-state index in [4.69, 9.17) is 37.2 Å². The van der Waals surface area contributed by atoms with Crippen molar-refractivity contribution in [3.63, 3.8) is 0 Å². The van der Waals surface area contributed by atoms with Gasteiger partial charge < -0.3 is 28.7 Å². The number of hydrogen-bond acceptors (Lipinski definition) is 14. The van der Waals surface area contributed by atoms with Crippen molar-refractivity contribution in [1.82, 2.24) is 30.2 Å². The van der Waals surface area contributed by atoms with Gasteiger partial charge in [0.1, 0.15) is 36.7 Å². The minimum Gasteiger partial charge on any atom is -0.489 e. The lowest BCUT2D eigenvalue weighted by atomic mass is 10.0. The van der Waals surface area contributed by atoms with Crippen molar-refractivity contribution in [3.05, 3.63) is 160 Å². The molecule has 6 aliphatic heterocycles. The maximum absolute atomic E-state index is 13.2. The Hall–Kier alpha value is -7.33. The van der Waals surface area contributed by atoms with Crippen LogP contribution in [-0.2, 0) is 78.2 Å². The van der Waals surface area contributed by atoms with Crippen LogP contribution in [0.3, 0.4) is 0 Å². The van der Waals surface area contributed by atoms with Gasteiger partial charge in [-0.15, -0.1) is 0 Å². The molecular formula is C56H60N6O13S. The molecular weight excluding hydrogens is 997 g/mol. The minimum absolute atomic E-state index is 0.0741. The van der Waals surface area contributed by atoms with Crippen molar-refractivity contribution in [1.29, 1.82) is 0 Å². The average Bonchev–Trinajstić information content (AvgIpc) is 1.21. The Morgan fingerprint density at radius 1 is 0.553 bits per heavy atom. The zero-order valence-corrected chi connectivity index (χ0v) is 41.7. The molecule has 0 saturated carbocycles. The summed E-state index contributed by atoms with van der Waals surface area (Å²) in [4.78, 5) is 81.7. The maximum Gasteiger partial charge on any atom is 0.294 e. The van der Waals surface area contributed by atoms with Crippen molar-refractivity contribution < 1.29 is 74.4 Å². The zero-order chi connectivity index (χ0) is 62.2. The SMILES string of the molecule is O=S(=O)(O)c1ccccc1.[2H]C1([2H])C(=O)NC(=O)[C@@]([2H])(N2Cc3c(OCc4ccc(CN5CCOCC5)cc4)cccc3C2=O)C1([2H])[2H].[2H]C1([2H])C(=O)NC(=O)[C@@]([2H])(N2Cc3c(OCc4ccc(CN5CCOCC5)cc4)cccc3C2=O)C1([2H])[2H]. The van der Waals surface area contributed by atoms with E-state index in [0.717, 1.165) is 87.9 Å². The van der Waals surface area contributed by atoms with Crippen LogP contribution in [0, 0.1) is 0 Å². The standard InChI is InChI=1S/2C25H27N3O5.C6H6O3S/c2*29-23-9-8-21(24(30)26-23)28-15-20-19(25(28)31)2-1-3-22(20)33-16-18-6-4-17(5-7-18)14-27-10-12-32-13-11-27;7-10(8,9)6-4-2-1-3-5-6/h2*1-7,21H,8-16H2,(H,26,29,30);1-5H,(H,7,8,9)/t2*21-;/m00./s1/i2*8D2,9D2,21D;. The summed E-state index contributed by atoms with van der Waals surface area (Å²) in [5.41, 5.74) is 5.06. The van der Waals surface area contributed by atoms with E-state index in [1.807, 2.05) is 48.5 Å². The molecule has 0 aliphatic carbocycles. The van der Waals surface area contributed by atoms with Crippen LogP contribution in [0.2, 0.25) is 0 Å². The first kappa shape index (κ1) is 41.9. The lowest BCUT2D eigenvalue weighted by Crippen LogP contribution is -2.52. The molecule has 0 bridgehead atoms. The second kappa shape index (κ2) is 24.6. The first-order valence-electron chi connectivity index (χ1n) is 29.2. The van der Waals surface area contributed by atoms with Crippen molar-refractivity contribution in [3.8, 4) is 11.5 Å². The van der Waals surface area contributed by atoms with E-state index in [9.17, 15) is 37.2 Å². The van der Waals surface area contributed by atoms with Gasteiger partial charge in [-0.25, -0.2) is 0 Å². The van der Waals surface area contributed by atoms with E-state index in [2.05, 4.69) is 9.80 Å². The highest BCUT2D eigenvalue weighted by molar-refractivity contribution is 7.85. The van der Waals surface area contributed by atoms with Crippen LogP contribution in [0.1, 0.15) is 93.3 Å². The monoisotopic (exact) mass is 1070 g/mol. The molecule has 6 amide bonds. The molecule has 0 radical (unpaired) electrons. The van der Waals surface area contributed by atoms with Crippen LogP contribution >= 0.6 is 0 Å². The molecule has 2 atom stereocenters. The Bertz CT molecular complexity index is 3350. The molecule has 5 aromatic rings. The van der Waals surface area contributed by atoms with Crippen LogP contribution in [0.4, 0.5) is 0 Å². The van der Waals surface area contributed by atoms with Gasteiger partial charge in [-0.1, -0.05) is 78.9 Å². The summed E-state index contributed by atoms with van der Waals surface area (Å²) in [7, 11) is -4.00. The van der Waals surface area contributed by atoms with E-state index >= 15 is 0 Å². The summed E-state index contributed by atoms with van der Waals surface area (Å²) in [5, 5.41) is 3.43. The molecule has 6 heterocycles. The number of ether oxygens (including phenoxy) is 4. The second-order valence-corrected chi connectivity index (χ2v) is 19.3. The predicted molar refractivity (Wildman–Crippen MR) is 275 cm³/mol. The van der Waals surface area contributed by atoms with E-state index in [1.54, 1.807) is 53.1 Å². The molecule has 76 heavy (non-hydrogen) atoms. The Balaban J connectivity index is 0.000000177. The third-order valence-electron chi connectivity index (χ3n) is 12.8. The first-order valence-corrected chi connectivity index (χ1v) is 25.6. The van der Waals surface area contributed by atoms with Gasteiger partial charge >= 0.3 is 0 Å². The molecule has 20 heteroatoms. The number of benzene rings is 5. The number of rotatable bonds is 13. The predicted octanol–water partition coefficient (Wildman–Crippen LogP) is 4.65. The lowest BCUT2D eigenvalue weighted by Gasteiger charge is -2.29. The number of piperidine rings is 2. The number of amides is 6. The Kier molecular flexibility index (Phi) is 13.5. The van der Waals surface area contributed by atoms with E-state index < -0.39 is 83.1 Å². The van der Waals surface area contributed by atoms with Gasteiger partial charge in [0.25, 0.3) is 21.9 Å². The van der Waals surface area contributed by atoms with Crippen LogP contribution in [0.5, 0.6) is 11.5 Å². The largest absolute Gasteiger partial charge is 0.489 e. The molecule has 398 valence electrons. The molecule has 4 fully saturated rings. The van der Waals surface area contributed by atoms with E-state index in [1.165, 1.54) is 24.3 Å². The minimum atomic E-state index is -4.00. The molecule has 3 N–H and O–H groups in total. The summed E-state index contributed by atoms with van der Waals surface area (Å²) < 4.78 is 134. The maximum atomic E-state index is 13.2. The van der Waals surface area contributed by atoms with Crippen LogP contribution in [0.15, 0.2) is 120 Å².